The average molecular weight is 298 g/mol. The SMILES string of the molecule is CCOCCc1noc(N)c1-c1ccc(OC(F)F)cc1. The summed E-state index contributed by atoms with van der Waals surface area (Å²) in [4.78, 5) is 0. The maximum absolute atomic E-state index is 12.1. The summed E-state index contributed by atoms with van der Waals surface area (Å²) >= 11 is 0. The van der Waals surface area contributed by atoms with Crippen LogP contribution >= 0.6 is 0 Å². The molecule has 114 valence electrons. The van der Waals surface area contributed by atoms with Crippen LogP contribution in [-0.2, 0) is 11.2 Å². The van der Waals surface area contributed by atoms with Gasteiger partial charge in [-0.05, 0) is 24.6 Å². The highest BCUT2D eigenvalue weighted by Crippen LogP contribution is 2.31. The molecule has 0 fully saturated rings. The number of rotatable bonds is 7. The third-order valence-electron chi connectivity index (χ3n) is 2.84. The fraction of sp³-hybridized carbons (Fsp3) is 0.357. The number of nitrogens with two attached hydrogens (primary N) is 1. The first-order valence-corrected chi connectivity index (χ1v) is 6.48. The molecule has 0 atom stereocenters. The molecule has 5 nitrogen and oxygen atoms in total. The van der Waals surface area contributed by atoms with Gasteiger partial charge in [0.15, 0.2) is 0 Å². The van der Waals surface area contributed by atoms with Crippen LogP contribution in [0.1, 0.15) is 12.6 Å². The highest BCUT2D eigenvalue weighted by atomic mass is 19.3. The normalized spacial score (nSPS) is 11.0. The Kier molecular flexibility index (Phi) is 5.10. The molecule has 0 spiro atoms. The van der Waals surface area contributed by atoms with E-state index in [0.29, 0.717) is 30.9 Å². The maximum Gasteiger partial charge on any atom is 0.387 e. The van der Waals surface area contributed by atoms with Crippen LogP contribution in [0.3, 0.4) is 0 Å². The molecule has 7 heteroatoms. The van der Waals surface area contributed by atoms with Crippen molar-refractivity contribution in [2.75, 3.05) is 18.9 Å². The molecule has 1 aromatic heterocycles. The van der Waals surface area contributed by atoms with E-state index in [4.69, 9.17) is 15.0 Å². The van der Waals surface area contributed by atoms with Crippen LogP contribution in [0.5, 0.6) is 5.75 Å². The first-order valence-electron chi connectivity index (χ1n) is 6.48. The molecule has 0 radical (unpaired) electrons. The predicted octanol–water partition coefficient (Wildman–Crippen LogP) is 3.10. The molecular weight excluding hydrogens is 282 g/mol. The van der Waals surface area contributed by atoms with Crippen molar-refractivity contribution in [1.82, 2.24) is 5.16 Å². The Bertz CT molecular complexity index is 570. The standard InChI is InChI=1S/C14H16F2N2O3/c1-2-19-8-7-11-12(13(17)21-18-11)9-3-5-10(6-4-9)20-14(15)16/h3-6,14H,2,7-8,17H2,1H3. The highest BCUT2D eigenvalue weighted by molar-refractivity contribution is 5.75. The largest absolute Gasteiger partial charge is 0.435 e. The molecule has 0 aliphatic rings. The minimum Gasteiger partial charge on any atom is -0.435 e. The topological polar surface area (TPSA) is 70.5 Å². The lowest BCUT2D eigenvalue weighted by Gasteiger charge is -2.06. The summed E-state index contributed by atoms with van der Waals surface area (Å²) in [6.07, 6.45) is 0.555. The first-order chi connectivity index (χ1) is 10.1. The van der Waals surface area contributed by atoms with Gasteiger partial charge in [0.2, 0.25) is 5.88 Å². The molecule has 21 heavy (non-hydrogen) atoms. The Hall–Kier alpha value is -2.15. The summed E-state index contributed by atoms with van der Waals surface area (Å²) in [5, 5.41) is 3.90. The second-order valence-electron chi connectivity index (χ2n) is 4.22. The Morgan fingerprint density at radius 1 is 1.29 bits per heavy atom. The molecule has 1 aromatic carbocycles. The fourth-order valence-corrected chi connectivity index (χ4v) is 1.93. The molecule has 0 saturated heterocycles. The number of aromatic nitrogens is 1. The minimum absolute atomic E-state index is 0.0830. The van der Waals surface area contributed by atoms with Gasteiger partial charge in [0.1, 0.15) is 5.75 Å². The van der Waals surface area contributed by atoms with Gasteiger partial charge in [0.25, 0.3) is 0 Å². The minimum atomic E-state index is -2.85. The molecular formula is C14H16F2N2O3. The third-order valence-corrected chi connectivity index (χ3v) is 2.84. The molecule has 2 rings (SSSR count). The van der Waals surface area contributed by atoms with Crippen LogP contribution in [0.25, 0.3) is 11.1 Å². The van der Waals surface area contributed by atoms with Gasteiger partial charge in [-0.3, -0.25) is 0 Å². The molecule has 2 aromatic rings. The van der Waals surface area contributed by atoms with Gasteiger partial charge in [-0.25, -0.2) is 0 Å². The van der Waals surface area contributed by atoms with Crippen LogP contribution < -0.4 is 10.5 Å². The van der Waals surface area contributed by atoms with Gasteiger partial charge in [0.05, 0.1) is 17.9 Å². The summed E-state index contributed by atoms with van der Waals surface area (Å²) in [5.41, 5.74) is 7.82. The summed E-state index contributed by atoms with van der Waals surface area (Å²) in [6.45, 7) is 0.169. The van der Waals surface area contributed by atoms with E-state index in [9.17, 15) is 8.78 Å². The summed E-state index contributed by atoms with van der Waals surface area (Å²) in [7, 11) is 0. The van der Waals surface area contributed by atoms with E-state index in [1.807, 2.05) is 6.92 Å². The van der Waals surface area contributed by atoms with Crippen molar-refractivity contribution in [3.63, 3.8) is 0 Å². The van der Waals surface area contributed by atoms with Crippen molar-refractivity contribution in [2.24, 2.45) is 0 Å². The third kappa shape index (κ3) is 3.91. The van der Waals surface area contributed by atoms with Gasteiger partial charge >= 0.3 is 6.61 Å². The number of hydrogen-bond donors (Lipinski definition) is 1. The van der Waals surface area contributed by atoms with Gasteiger partial charge in [-0.2, -0.15) is 8.78 Å². The smallest absolute Gasteiger partial charge is 0.387 e. The van der Waals surface area contributed by atoms with E-state index >= 15 is 0 Å². The van der Waals surface area contributed by atoms with Crippen molar-refractivity contribution in [3.8, 4) is 16.9 Å². The molecule has 0 saturated carbocycles. The average Bonchev–Trinajstić information content (AvgIpc) is 2.81. The molecule has 0 unspecified atom stereocenters. The number of alkyl halides is 2. The van der Waals surface area contributed by atoms with Gasteiger partial charge < -0.3 is 19.7 Å². The van der Waals surface area contributed by atoms with E-state index in [0.717, 1.165) is 5.56 Å². The zero-order valence-corrected chi connectivity index (χ0v) is 11.5. The number of nitrogen functional groups attached to an aromatic ring is 1. The molecule has 0 amide bonds. The van der Waals surface area contributed by atoms with Crippen LogP contribution in [0.2, 0.25) is 0 Å². The number of hydrogen-bond acceptors (Lipinski definition) is 5. The number of benzene rings is 1. The number of ether oxygens (including phenoxy) is 2. The lowest BCUT2D eigenvalue weighted by molar-refractivity contribution is -0.0498. The Labute approximate surface area is 120 Å². The second kappa shape index (κ2) is 7.03. The van der Waals surface area contributed by atoms with E-state index in [1.165, 1.54) is 12.1 Å². The fourth-order valence-electron chi connectivity index (χ4n) is 1.93. The summed E-state index contributed by atoms with van der Waals surface area (Å²) < 4.78 is 38.8. The Balaban J connectivity index is 2.18. The van der Waals surface area contributed by atoms with E-state index in [1.54, 1.807) is 12.1 Å². The predicted molar refractivity (Wildman–Crippen MR) is 73.2 cm³/mol. The molecule has 0 aliphatic heterocycles. The van der Waals surface area contributed by atoms with Crippen LogP contribution in [0.15, 0.2) is 28.8 Å². The van der Waals surface area contributed by atoms with E-state index in [2.05, 4.69) is 9.89 Å². The van der Waals surface area contributed by atoms with Crippen LogP contribution in [0, 0.1) is 0 Å². The molecule has 1 heterocycles. The van der Waals surface area contributed by atoms with Crippen molar-refractivity contribution in [3.05, 3.63) is 30.0 Å². The lowest BCUT2D eigenvalue weighted by Crippen LogP contribution is -2.02. The zero-order valence-electron chi connectivity index (χ0n) is 11.5. The van der Waals surface area contributed by atoms with E-state index < -0.39 is 6.61 Å². The second-order valence-corrected chi connectivity index (χ2v) is 4.22. The highest BCUT2D eigenvalue weighted by Gasteiger charge is 2.16. The lowest BCUT2D eigenvalue weighted by atomic mass is 10.0. The van der Waals surface area contributed by atoms with Crippen molar-refractivity contribution in [2.45, 2.75) is 20.0 Å². The van der Waals surface area contributed by atoms with E-state index in [-0.39, 0.29) is 11.6 Å². The van der Waals surface area contributed by atoms with Crippen molar-refractivity contribution >= 4 is 5.88 Å². The quantitative estimate of drug-likeness (QED) is 0.795. The maximum atomic E-state index is 12.1. The summed E-state index contributed by atoms with van der Waals surface area (Å²) in [5.74, 6) is 0.267. The molecule has 2 N–H and O–H groups in total. The first kappa shape index (κ1) is 15.2. The Morgan fingerprint density at radius 3 is 2.62 bits per heavy atom. The number of nitrogens with zero attached hydrogens (tertiary/aromatic N) is 1. The number of halogens is 2. The zero-order chi connectivity index (χ0) is 15.2. The van der Waals surface area contributed by atoms with Crippen molar-refractivity contribution in [1.29, 1.82) is 0 Å². The van der Waals surface area contributed by atoms with Crippen LogP contribution in [-0.4, -0.2) is 25.0 Å². The Morgan fingerprint density at radius 2 is 2.00 bits per heavy atom. The van der Waals surface area contributed by atoms with Crippen molar-refractivity contribution < 1.29 is 22.8 Å². The molecule has 0 aliphatic carbocycles. The van der Waals surface area contributed by atoms with Gasteiger partial charge in [-0.1, -0.05) is 17.3 Å². The monoisotopic (exact) mass is 298 g/mol. The van der Waals surface area contributed by atoms with Gasteiger partial charge in [0, 0.05) is 13.0 Å². The van der Waals surface area contributed by atoms with Gasteiger partial charge in [-0.15, -0.1) is 0 Å². The molecule has 0 bridgehead atoms. The van der Waals surface area contributed by atoms with Crippen LogP contribution in [0.4, 0.5) is 14.7 Å². The number of anilines is 1. The summed E-state index contributed by atoms with van der Waals surface area (Å²) in [6, 6.07) is 6.15.